The number of hydrogen-bond acceptors (Lipinski definition) is 1. The second-order valence-electron chi connectivity index (χ2n) is 2.66. The topological polar surface area (TPSA) is 20.2 Å². The van der Waals surface area contributed by atoms with Crippen molar-refractivity contribution in [2.24, 2.45) is 5.92 Å². The van der Waals surface area contributed by atoms with E-state index in [1.165, 1.54) is 0 Å². The molecule has 0 aromatic heterocycles. The average molecular weight is 165 g/mol. The molecule has 1 N–H and O–H groups in total. The molecule has 0 saturated carbocycles. The van der Waals surface area contributed by atoms with E-state index in [0.717, 1.165) is 19.3 Å². The molecule has 62 valence electrons. The quantitative estimate of drug-likeness (QED) is 0.619. The first-order valence-electron chi connectivity index (χ1n) is 4.01. The molecule has 0 aromatic carbocycles. The summed E-state index contributed by atoms with van der Waals surface area (Å²) in [5.74, 6) is 0.293. The molecule has 0 aromatic rings. The first-order valence-corrected chi connectivity index (χ1v) is 4.44. The maximum Gasteiger partial charge on any atom is 0.0473 e. The van der Waals surface area contributed by atoms with Crippen LogP contribution >= 0.6 is 11.6 Å². The fourth-order valence-electron chi connectivity index (χ4n) is 1.01. The van der Waals surface area contributed by atoms with Crippen LogP contribution in [0, 0.1) is 5.92 Å². The largest absolute Gasteiger partial charge is 0.396 e. The van der Waals surface area contributed by atoms with Crippen molar-refractivity contribution in [3.05, 3.63) is 0 Å². The van der Waals surface area contributed by atoms with Gasteiger partial charge in [0.05, 0.1) is 0 Å². The Morgan fingerprint density at radius 3 is 2.30 bits per heavy atom. The molecule has 0 aliphatic heterocycles. The second kappa shape index (κ2) is 5.99. The van der Waals surface area contributed by atoms with Gasteiger partial charge in [-0.25, -0.2) is 0 Å². The van der Waals surface area contributed by atoms with Crippen molar-refractivity contribution in [3.8, 4) is 0 Å². The Labute approximate surface area is 68.4 Å². The smallest absolute Gasteiger partial charge is 0.0473 e. The number of halogens is 1. The normalized spacial score (nSPS) is 16.8. The molecule has 0 radical (unpaired) electrons. The van der Waals surface area contributed by atoms with E-state index < -0.39 is 0 Å². The van der Waals surface area contributed by atoms with E-state index in [0.29, 0.717) is 5.92 Å². The SMILES string of the molecule is CCCC(Cl)C(CC)CO. The molecular weight excluding hydrogens is 148 g/mol. The highest BCUT2D eigenvalue weighted by Crippen LogP contribution is 2.18. The van der Waals surface area contributed by atoms with Gasteiger partial charge in [-0.2, -0.15) is 0 Å². The van der Waals surface area contributed by atoms with E-state index in [-0.39, 0.29) is 12.0 Å². The maximum atomic E-state index is 8.84. The third-order valence-electron chi connectivity index (χ3n) is 1.83. The maximum absolute atomic E-state index is 8.84. The summed E-state index contributed by atoms with van der Waals surface area (Å²) >= 11 is 5.99. The molecule has 10 heavy (non-hydrogen) atoms. The Bertz CT molecular complexity index is 71.7. The molecule has 0 rings (SSSR count). The van der Waals surface area contributed by atoms with Gasteiger partial charge >= 0.3 is 0 Å². The summed E-state index contributed by atoms with van der Waals surface area (Å²) in [6, 6.07) is 0. The Kier molecular flexibility index (Phi) is 6.14. The molecule has 0 bridgehead atoms. The van der Waals surface area contributed by atoms with Crippen molar-refractivity contribution in [2.45, 2.75) is 38.5 Å². The molecule has 0 aliphatic rings. The minimum atomic E-state index is 0.167. The zero-order chi connectivity index (χ0) is 7.98. The Morgan fingerprint density at radius 1 is 1.40 bits per heavy atom. The van der Waals surface area contributed by atoms with E-state index in [9.17, 15) is 0 Å². The van der Waals surface area contributed by atoms with Crippen molar-refractivity contribution in [1.29, 1.82) is 0 Å². The van der Waals surface area contributed by atoms with Crippen LogP contribution < -0.4 is 0 Å². The monoisotopic (exact) mass is 164 g/mol. The average Bonchev–Trinajstić information content (AvgIpc) is 1.91. The molecule has 0 aliphatic carbocycles. The van der Waals surface area contributed by atoms with Gasteiger partial charge < -0.3 is 5.11 Å². The van der Waals surface area contributed by atoms with Gasteiger partial charge in [0.2, 0.25) is 0 Å². The molecule has 0 fully saturated rings. The van der Waals surface area contributed by atoms with Crippen LogP contribution in [0.5, 0.6) is 0 Å². The van der Waals surface area contributed by atoms with E-state index >= 15 is 0 Å². The lowest BCUT2D eigenvalue weighted by molar-refractivity contribution is 0.215. The minimum Gasteiger partial charge on any atom is -0.396 e. The van der Waals surface area contributed by atoms with Crippen LogP contribution in [-0.2, 0) is 0 Å². The van der Waals surface area contributed by atoms with Gasteiger partial charge in [-0.1, -0.05) is 20.3 Å². The molecule has 2 heteroatoms. The number of rotatable bonds is 5. The summed E-state index contributed by atoms with van der Waals surface area (Å²) in [5.41, 5.74) is 0. The fourth-order valence-corrected chi connectivity index (χ4v) is 1.49. The Balaban J connectivity index is 3.53. The van der Waals surface area contributed by atoms with Gasteiger partial charge in [-0.15, -0.1) is 11.6 Å². The van der Waals surface area contributed by atoms with Crippen LogP contribution in [0.1, 0.15) is 33.1 Å². The third-order valence-corrected chi connectivity index (χ3v) is 2.41. The number of alkyl halides is 1. The lowest BCUT2D eigenvalue weighted by Crippen LogP contribution is -2.17. The van der Waals surface area contributed by atoms with E-state index in [1.807, 2.05) is 0 Å². The van der Waals surface area contributed by atoms with Crippen molar-refractivity contribution in [1.82, 2.24) is 0 Å². The van der Waals surface area contributed by atoms with Crippen LogP contribution in [-0.4, -0.2) is 17.1 Å². The standard InChI is InChI=1S/C8H17ClO/c1-3-5-8(9)7(4-2)6-10/h7-8,10H,3-6H2,1-2H3. The van der Waals surface area contributed by atoms with Crippen LogP contribution in [0.15, 0.2) is 0 Å². The first-order chi connectivity index (χ1) is 4.76. The van der Waals surface area contributed by atoms with Gasteiger partial charge in [0.1, 0.15) is 0 Å². The summed E-state index contributed by atoms with van der Waals surface area (Å²) in [4.78, 5) is 0. The molecule has 0 amide bonds. The van der Waals surface area contributed by atoms with Crippen LogP contribution in [0.25, 0.3) is 0 Å². The highest BCUT2D eigenvalue weighted by atomic mass is 35.5. The third kappa shape index (κ3) is 3.43. The van der Waals surface area contributed by atoms with Gasteiger partial charge in [-0.05, 0) is 18.8 Å². The number of aliphatic hydroxyl groups excluding tert-OH is 1. The molecule has 2 atom stereocenters. The van der Waals surface area contributed by atoms with Crippen molar-refractivity contribution in [2.75, 3.05) is 6.61 Å². The zero-order valence-corrected chi connectivity index (χ0v) is 7.56. The van der Waals surface area contributed by atoms with Gasteiger partial charge in [0.15, 0.2) is 0 Å². The predicted octanol–water partition coefficient (Wildman–Crippen LogP) is 2.41. The van der Waals surface area contributed by atoms with E-state index in [1.54, 1.807) is 0 Å². The van der Waals surface area contributed by atoms with Gasteiger partial charge in [-0.3, -0.25) is 0 Å². The fraction of sp³-hybridized carbons (Fsp3) is 1.00. The predicted molar refractivity (Wildman–Crippen MR) is 45.4 cm³/mol. The minimum absolute atomic E-state index is 0.167. The molecule has 0 saturated heterocycles. The second-order valence-corrected chi connectivity index (χ2v) is 3.22. The molecular formula is C8H17ClO. The molecule has 1 nitrogen and oxygen atoms in total. The summed E-state index contributed by atoms with van der Waals surface area (Å²) in [6.07, 6.45) is 3.09. The van der Waals surface area contributed by atoms with Crippen LogP contribution in [0.4, 0.5) is 0 Å². The van der Waals surface area contributed by atoms with Crippen molar-refractivity contribution in [3.63, 3.8) is 0 Å². The van der Waals surface area contributed by atoms with Crippen LogP contribution in [0.2, 0.25) is 0 Å². The zero-order valence-electron chi connectivity index (χ0n) is 6.81. The lowest BCUT2D eigenvalue weighted by atomic mass is 10.00. The molecule has 0 heterocycles. The number of aliphatic hydroxyl groups is 1. The number of hydrogen-bond donors (Lipinski definition) is 1. The van der Waals surface area contributed by atoms with E-state index in [2.05, 4.69) is 13.8 Å². The van der Waals surface area contributed by atoms with Gasteiger partial charge in [0, 0.05) is 12.0 Å². The van der Waals surface area contributed by atoms with Crippen molar-refractivity contribution < 1.29 is 5.11 Å². The Morgan fingerprint density at radius 2 is 2.00 bits per heavy atom. The highest BCUT2D eigenvalue weighted by molar-refractivity contribution is 6.20. The first kappa shape index (κ1) is 10.2. The van der Waals surface area contributed by atoms with Gasteiger partial charge in [0.25, 0.3) is 0 Å². The molecule has 0 spiro atoms. The van der Waals surface area contributed by atoms with E-state index in [4.69, 9.17) is 16.7 Å². The Hall–Kier alpha value is 0.250. The molecule has 2 unspecified atom stereocenters. The van der Waals surface area contributed by atoms with Crippen molar-refractivity contribution >= 4 is 11.6 Å². The summed E-state index contributed by atoms with van der Waals surface area (Å²) in [6.45, 7) is 4.40. The summed E-state index contributed by atoms with van der Waals surface area (Å²) in [5, 5.41) is 9.01. The summed E-state index contributed by atoms with van der Waals surface area (Å²) in [7, 11) is 0. The van der Waals surface area contributed by atoms with Crippen LogP contribution in [0.3, 0.4) is 0 Å². The summed E-state index contributed by atoms with van der Waals surface area (Å²) < 4.78 is 0. The lowest BCUT2D eigenvalue weighted by Gasteiger charge is -2.16. The highest BCUT2D eigenvalue weighted by Gasteiger charge is 2.14.